The van der Waals surface area contributed by atoms with Crippen molar-refractivity contribution in [3.8, 4) is 0 Å². The summed E-state index contributed by atoms with van der Waals surface area (Å²) in [6.45, 7) is 0. The number of hydrogen-bond acceptors (Lipinski definition) is 3. The Kier molecular flexibility index (Phi) is 4.09. The van der Waals surface area contributed by atoms with Crippen LogP contribution in [-0.4, -0.2) is 21.8 Å². The summed E-state index contributed by atoms with van der Waals surface area (Å²) < 4.78 is 0. The number of hydrogen-bond donors (Lipinski definition) is 1. The molecule has 1 aromatic heterocycles. The van der Waals surface area contributed by atoms with E-state index in [1.54, 1.807) is 0 Å². The number of carboxylic acids is 1. The van der Waals surface area contributed by atoms with E-state index in [1.807, 2.05) is 42.5 Å². The number of rotatable bonds is 3. The number of aromatic carboxylic acids is 1. The molecule has 0 bridgehead atoms. The lowest BCUT2D eigenvalue weighted by molar-refractivity contribution is -0.118. The fourth-order valence-electron chi connectivity index (χ4n) is 3.38. The van der Waals surface area contributed by atoms with Crippen molar-refractivity contribution in [1.29, 1.82) is 0 Å². The smallest absolute Gasteiger partial charge is 0.336 e. The van der Waals surface area contributed by atoms with Crippen molar-refractivity contribution >= 4 is 34.8 Å². The quantitative estimate of drug-likeness (QED) is 0.725. The maximum Gasteiger partial charge on any atom is 0.336 e. The normalized spacial score (nSPS) is 13.9. The molecular weight excluding hydrogens is 326 g/mol. The van der Waals surface area contributed by atoms with Crippen molar-refractivity contribution < 1.29 is 14.7 Å². The first-order valence-corrected chi connectivity index (χ1v) is 8.54. The first-order chi connectivity index (χ1) is 12.6. The minimum Gasteiger partial charge on any atom is -0.478 e. The number of pyridine rings is 1. The van der Waals surface area contributed by atoms with Gasteiger partial charge >= 0.3 is 5.97 Å². The van der Waals surface area contributed by atoms with Crippen molar-refractivity contribution in [1.82, 2.24) is 4.98 Å². The van der Waals surface area contributed by atoms with Gasteiger partial charge in [-0.25, -0.2) is 4.79 Å². The Balaban J connectivity index is 1.66. The third-order valence-electron chi connectivity index (χ3n) is 4.76. The molecule has 1 aliphatic carbocycles. The SMILES string of the molecule is O=C1CCc2cc(/C=C/c3ccc4nccc(C(=O)O)c4c3)ccc2C1. The van der Waals surface area contributed by atoms with E-state index in [0.717, 1.165) is 23.1 Å². The van der Waals surface area contributed by atoms with E-state index in [2.05, 4.69) is 11.1 Å². The highest BCUT2D eigenvalue weighted by molar-refractivity contribution is 6.03. The number of carbonyl (C=O) groups excluding carboxylic acids is 1. The first kappa shape index (κ1) is 16.2. The number of nitrogens with zero attached hydrogens (tertiary/aromatic N) is 1. The van der Waals surface area contributed by atoms with E-state index in [1.165, 1.54) is 17.8 Å². The van der Waals surface area contributed by atoms with Gasteiger partial charge in [-0.2, -0.15) is 0 Å². The molecule has 0 saturated carbocycles. The zero-order valence-electron chi connectivity index (χ0n) is 14.1. The molecule has 3 aromatic rings. The van der Waals surface area contributed by atoms with Crippen molar-refractivity contribution in [3.05, 3.63) is 76.5 Å². The number of carbonyl (C=O) groups is 2. The van der Waals surface area contributed by atoms with E-state index in [4.69, 9.17) is 0 Å². The number of fused-ring (bicyclic) bond motifs is 2. The molecule has 2 aromatic carbocycles. The Morgan fingerprint density at radius 1 is 0.962 bits per heavy atom. The predicted octanol–water partition coefficient (Wildman–Crippen LogP) is 4.16. The Morgan fingerprint density at radius 3 is 2.54 bits per heavy atom. The van der Waals surface area contributed by atoms with Crippen molar-refractivity contribution in [2.75, 3.05) is 0 Å². The lowest BCUT2D eigenvalue weighted by Crippen LogP contribution is -2.12. The maximum absolute atomic E-state index is 11.5. The Labute approximate surface area is 150 Å². The maximum atomic E-state index is 11.5. The molecule has 128 valence electrons. The minimum atomic E-state index is -0.956. The molecule has 0 spiro atoms. The Hall–Kier alpha value is -3.27. The van der Waals surface area contributed by atoms with Gasteiger partial charge in [0.15, 0.2) is 0 Å². The molecule has 0 saturated heterocycles. The molecule has 4 nitrogen and oxygen atoms in total. The molecule has 4 rings (SSSR count). The Bertz CT molecular complexity index is 1070. The summed E-state index contributed by atoms with van der Waals surface area (Å²) in [5.41, 5.74) is 5.27. The number of carboxylic acid groups (broad SMARTS) is 1. The van der Waals surface area contributed by atoms with Crippen LogP contribution in [-0.2, 0) is 17.6 Å². The van der Waals surface area contributed by atoms with Crippen molar-refractivity contribution in [2.24, 2.45) is 0 Å². The second-order valence-corrected chi connectivity index (χ2v) is 6.52. The van der Waals surface area contributed by atoms with Crippen molar-refractivity contribution in [2.45, 2.75) is 19.3 Å². The average molecular weight is 343 g/mol. The molecule has 0 unspecified atom stereocenters. The molecule has 0 fully saturated rings. The van der Waals surface area contributed by atoms with Crippen LogP contribution < -0.4 is 0 Å². The largest absolute Gasteiger partial charge is 0.478 e. The van der Waals surface area contributed by atoms with Gasteiger partial charge in [-0.05, 0) is 46.9 Å². The van der Waals surface area contributed by atoms with Crippen LogP contribution in [0.4, 0.5) is 0 Å². The van der Waals surface area contributed by atoms with E-state index >= 15 is 0 Å². The summed E-state index contributed by atoms with van der Waals surface area (Å²) >= 11 is 0. The van der Waals surface area contributed by atoms with Gasteiger partial charge in [0, 0.05) is 24.4 Å². The van der Waals surface area contributed by atoms with Crippen LogP contribution in [0.5, 0.6) is 0 Å². The molecule has 0 atom stereocenters. The second kappa shape index (κ2) is 6.56. The highest BCUT2D eigenvalue weighted by Crippen LogP contribution is 2.23. The van der Waals surface area contributed by atoms with Gasteiger partial charge in [-0.15, -0.1) is 0 Å². The van der Waals surface area contributed by atoms with E-state index in [9.17, 15) is 14.7 Å². The molecule has 0 aliphatic heterocycles. The summed E-state index contributed by atoms with van der Waals surface area (Å²) in [6, 6.07) is 13.3. The summed E-state index contributed by atoms with van der Waals surface area (Å²) in [7, 11) is 0. The lowest BCUT2D eigenvalue weighted by Gasteiger charge is -2.15. The van der Waals surface area contributed by atoms with E-state index in [-0.39, 0.29) is 5.56 Å². The number of ketones is 1. The summed E-state index contributed by atoms with van der Waals surface area (Å²) in [5.74, 6) is -0.650. The molecular formula is C22H17NO3. The molecule has 1 heterocycles. The topological polar surface area (TPSA) is 67.3 Å². The Morgan fingerprint density at radius 2 is 1.73 bits per heavy atom. The zero-order valence-corrected chi connectivity index (χ0v) is 14.1. The summed E-state index contributed by atoms with van der Waals surface area (Å²) in [5, 5.41) is 9.97. The summed E-state index contributed by atoms with van der Waals surface area (Å²) in [4.78, 5) is 27.2. The zero-order chi connectivity index (χ0) is 18.1. The lowest BCUT2D eigenvalue weighted by atomic mass is 9.89. The van der Waals surface area contributed by atoms with Crippen LogP contribution in [0.15, 0.2) is 48.7 Å². The van der Waals surface area contributed by atoms with Crippen LogP contribution in [0.2, 0.25) is 0 Å². The molecule has 0 amide bonds. The number of aryl methyl sites for hydroxylation is 1. The third kappa shape index (κ3) is 3.14. The van der Waals surface area contributed by atoms with Crippen LogP contribution in [0.3, 0.4) is 0 Å². The van der Waals surface area contributed by atoms with Gasteiger partial charge in [0.1, 0.15) is 5.78 Å². The monoisotopic (exact) mass is 343 g/mol. The highest BCUT2D eigenvalue weighted by atomic mass is 16.4. The van der Waals surface area contributed by atoms with Gasteiger partial charge in [-0.1, -0.05) is 36.4 Å². The molecule has 26 heavy (non-hydrogen) atoms. The highest BCUT2D eigenvalue weighted by Gasteiger charge is 2.15. The van der Waals surface area contributed by atoms with Gasteiger partial charge in [0.2, 0.25) is 0 Å². The third-order valence-corrected chi connectivity index (χ3v) is 4.76. The molecule has 1 N–H and O–H groups in total. The standard InChI is InChI=1S/C22H17NO3/c24-18-7-6-16-11-14(3-5-17(16)13-18)1-2-15-4-8-21-20(12-15)19(22(25)26)9-10-23-21/h1-5,8-12H,6-7,13H2,(H,25,26)/b2-1+. The van der Waals surface area contributed by atoms with Gasteiger partial charge < -0.3 is 5.11 Å². The van der Waals surface area contributed by atoms with Gasteiger partial charge in [0.05, 0.1) is 11.1 Å². The molecule has 1 aliphatic rings. The fourth-order valence-corrected chi connectivity index (χ4v) is 3.38. The number of aromatic nitrogens is 1. The number of Topliss-reactive ketones (excluding diaryl/α,β-unsaturated/α-hetero) is 1. The second-order valence-electron chi connectivity index (χ2n) is 6.52. The fraction of sp³-hybridized carbons (Fsp3) is 0.136. The summed E-state index contributed by atoms with van der Waals surface area (Å²) in [6.07, 6.45) is 7.45. The van der Waals surface area contributed by atoms with Crippen LogP contribution >= 0.6 is 0 Å². The molecule has 0 radical (unpaired) electrons. The first-order valence-electron chi connectivity index (χ1n) is 8.54. The van der Waals surface area contributed by atoms with Crippen LogP contribution in [0.1, 0.15) is 39.0 Å². The minimum absolute atomic E-state index is 0.253. The van der Waals surface area contributed by atoms with Crippen LogP contribution in [0, 0.1) is 0 Å². The van der Waals surface area contributed by atoms with Crippen LogP contribution in [0.25, 0.3) is 23.1 Å². The number of benzene rings is 2. The van der Waals surface area contributed by atoms with Gasteiger partial charge in [-0.3, -0.25) is 9.78 Å². The predicted molar refractivity (Wildman–Crippen MR) is 101 cm³/mol. The van der Waals surface area contributed by atoms with Crippen molar-refractivity contribution in [3.63, 3.8) is 0 Å². The van der Waals surface area contributed by atoms with Gasteiger partial charge in [0.25, 0.3) is 0 Å². The molecule has 4 heteroatoms. The van der Waals surface area contributed by atoms with E-state index in [0.29, 0.717) is 29.5 Å². The average Bonchev–Trinajstić information content (AvgIpc) is 2.65. The van der Waals surface area contributed by atoms with E-state index < -0.39 is 5.97 Å².